The molecule has 1 N–H and O–H groups in total. The van der Waals surface area contributed by atoms with Crippen LogP contribution < -0.4 is 0 Å². The number of allylic oxidation sites excluding steroid dienone is 4. The fourth-order valence-corrected chi connectivity index (χ4v) is 1.52. The first-order chi connectivity index (χ1) is 7.38. The first-order valence-electron chi connectivity index (χ1n) is 5.05. The maximum Gasteiger partial charge on any atom is 0.164 e. The Bertz CT molecular complexity index is 348. The van der Waals surface area contributed by atoms with E-state index in [1.54, 1.807) is 6.26 Å². The minimum atomic E-state index is -0.130. The second kappa shape index (κ2) is 4.84. The summed E-state index contributed by atoms with van der Waals surface area (Å²) in [5.74, 6) is 1.23. The number of hydrogen-bond donors (Lipinski definition) is 1. The van der Waals surface area contributed by atoms with Gasteiger partial charge >= 0.3 is 0 Å². The van der Waals surface area contributed by atoms with Crippen molar-refractivity contribution in [2.24, 2.45) is 0 Å². The second-order valence-electron chi connectivity index (χ2n) is 3.53. The summed E-state index contributed by atoms with van der Waals surface area (Å²) in [6, 6.07) is 0. The van der Waals surface area contributed by atoms with Gasteiger partial charge in [0.25, 0.3) is 0 Å². The minimum absolute atomic E-state index is 0.130. The summed E-state index contributed by atoms with van der Waals surface area (Å²) in [5.41, 5.74) is 1.34. The molecule has 15 heavy (non-hydrogen) atoms. The average molecular weight is 206 g/mol. The fourth-order valence-electron chi connectivity index (χ4n) is 1.52. The molecule has 0 aromatic heterocycles. The largest absolute Gasteiger partial charge is 0.462 e. The van der Waals surface area contributed by atoms with Crippen LogP contribution in [-0.4, -0.2) is 11.7 Å². The fraction of sp³-hybridized carbons (Fsp3) is 0.333. The van der Waals surface area contributed by atoms with Crippen molar-refractivity contribution >= 4 is 0 Å². The zero-order chi connectivity index (χ0) is 10.5. The molecule has 2 rings (SSSR count). The summed E-state index contributed by atoms with van der Waals surface area (Å²) in [7, 11) is 0. The molecule has 3 heteroatoms. The van der Waals surface area contributed by atoms with Gasteiger partial charge in [-0.1, -0.05) is 23.8 Å². The lowest BCUT2D eigenvalue weighted by molar-refractivity contribution is 0.177. The standard InChI is InChI=1S/C12H14O3/c13-7-12-9-14-11(8-15-12)6-10-4-2-1-3-5-10/h1-2,4,8-9,13H,3,5-7H2. The summed E-state index contributed by atoms with van der Waals surface area (Å²) < 4.78 is 10.5. The van der Waals surface area contributed by atoms with Crippen molar-refractivity contribution in [3.8, 4) is 0 Å². The number of aliphatic hydroxyl groups is 1. The summed E-state index contributed by atoms with van der Waals surface area (Å²) in [6.07, 6.45) is 12.3. The zero-order valence-electron chi connectivity index (χ0n) is 8.48. The van der Waals surface area contributed by atoms with Gasteiger partial charge in [-0.3, -0.25) is 0 Å². The lowest BCUT2D eigenvalue weighted by Crippen LogP contribution is -2.02. The normalized spacial score (nSPS) is 19.7. The minimum Gasteiger partial charge on any atom is -0.462 e. The Hall–Kier alpha value is -1.48. The SMILES string of the molecule is OCC1=COC(CC2=CC=CCC2)=CO1. The van der Waals surface area contributed by atoms with Crippen molar-refractivity contribution in [3.63, 3.8) is 0 Å². The van der Waals surface area contributed by atoms with Crippen LogP contribution in [0.4, 0.5) is 0 Å². The van der Waals surface area contributed by atoms with E-state index in [-0.39, 0.29) is 6.61 Å². The molecule has 80 valence electrons. The zero-order valence-corrected chi connectivity index (χ0v) is 8.48. The van der Waals surface area contributed by atoms with Crippen molar-refractivity contribution < 1.29 is 14.6 Å². The van der Waals surface area contributed by atoms with Gasteiger partial charge in [-0.15, -0.1) is 0 Å². The lowest BCUT2D eigenvalue weighted by atomic mass is 10.0. The third-order valence-electron chi connectivity index (χ3n) is 2.34. The Morgan fingerprint density at radius 3 is 2.60 bits per heavy atom. The van der Waals surface area contributed by atoms with Crippen LogP contribution >= 0.6 is 0 Å². The molecule has 0 bridgehead atoms. The molecular formula is C12H14O3. The molecule has 2 aliphatic rings. The van der Waals surface area contributed by atoms with Crippen LogP contribution in [0.5, 0.6) is 0 Å². The highest BCUT2D eigenvalue weighted by molar-refractivity contribution is 5.22. The van der Waals surface area contributed by atoms with Crippen molar-refractivity contribution in [2.45, 2.75) is 19.3 Å². The summed E-state index contributed by atoms with van der Waals surface area (Å²) in [5, 5.41) is 8.78. The van der Waals surface area contributed by atoms with Crippen LogP contribution in [0.1, 0.15) is 19.3 Å². The van der Waals surface area contributed by atoms with Gasteiger partial charge < -0.3 is 14.6 Å². The van der Waals surface area contributed by atoms with Gasteiger partial charge in [0.2, 0.25) is 0 Å². The average Bonchev–Trinajstić information content (AvgIpc) is 2.31. The first kappa shape index (κ1) is 10.1. The van der Waals surface area contributed by atoms with Gasteiger partial charge in [-0.2, -0.15) is 0 Å². The number of aliphatic hydroxyl groups excluding tert-OH is 1. The molecule has 0 fully saturated rings. The molecule has 0 spiro atoms. The van der Waals surface area contributed by atoms with Gasteiger partial charge in [0.15, 0.2) is 5.76 Å². The van der Waals surface area contributed by atoms with Crippen LogP contribution in [0.3, 0.4) is 0 Å². The molecule has 0 saturated heterocycles. The van der Waals surface area contributed by atoms with E-state index in [0.717, 1.165) is 25.0 Å². The van der Waals surface area contributed by atoms with E-state index in [0.29, 0.717) is 5.76 Å². The van der Waals surface area contributed by atoms with Crippen LogP contribution in [0, 0.1) is 0 Å². The molecule has 3 nitrogen and oxygen atoms in total. The van der Waals surface area contributed by atoms with Crippen molar-refractivity contribution in [3.05, 3.63) is 47.8 Å². The number of rotatable bonds is 3. The van der Waals surface area contributed by atoms with Gasteiger partial charge in [0, 0.05) is 6.42 Å². The van der Waals surface area contributed by atoms with E-state index in [9.17, 15) is 0 Å². The van der Waals surface area contributed by atoms with Crippen LogP contribution in [0.25, 0.3) is 0 Å². The van der Waals surface area contributed by atoms with Gasteiger partial charge in [-0.05, 0) is 12.8 Å². The molecule has 0 amide bonds. The highest BCUT2D eigenvalue weighted by Gasteiger charge is 2.10. The van der Waals surface area contributed by atoms with E-state index in [1.165, 1.54) is 11.8 Å². The second-order valence-corrected chi connectivity index (χ2v) is 3.53. The highest BCUT2D eigenvalue weighted by atomic mass is 16.5. The highest BCUT2D eigenvalue weighted by Crippen LogP contribution is 2.23. The molecule has 0 aromatic rings. The maximum atomic E-state index is 8.78. The van der Waals surface area contributed by atoms with Crippen molar-refractivity contribution in [1.82, 2.24) is 0 Å². The van der Waals surface area contributed by atoms with E-state index in [1.807, 2.05) is 0 Å². The molecule has 0 radical (unpaired) electrons. The topological polar surface area (TPSA) is 38.7 Å². The van der Waals surface area contributed by atoms with Crippen LogP contribution in [0.15, 0.2) is 47.8 Å². The number of hydrogen-bond acceptors (Lipinski definition) is 3. The lowest BCUT2D eigenvalue weighted by Gasteiger charge is -2.15. The van der Waals surface area contributed by atoms with Gasteiger partial charge in [-0.25, -0.2) is 0 Å². The Morgan fingerprint density at radius 2 is 2.00 bits per heavy atom. The predicted molar refractivity (Wildman–Crippen MR) is 56.5 cm³/mol. The molecule has 0 atom stereocenters. The Kier molecular flexibility index (Phi) is 3.25. The number of ether oxygens (including phenoxy) is 2. The molecule has 0 unspecified atom stereocenters. The molecule has 1 aliphatic carbocycles. The summed E-state index contributed by atoms with van der Waals surface area (Å²) in [6.45, 7) is -0.130. The Balaban J connectivity index is 1.89. The van der Waals surface area contributed by atoms with Crippen LogP contribution in [0.2, 0.25) is 0 Å². The monoisotopic (exact) mass is 206 g/mol. The van der Waals surface area contributed by atoms with E-state index < -0.39 is 0 Å². The van der Waals surface area contributed by atoms with Gasteiger partial charge in [0.1, 0.15) is 24.9 Å². The maximum absolute atomic E-state index is 8.78. The smallest absolute Gasteiger partial charge is 0.164 e. The Labute approximate surface area is 89.0 Å². The quantitative estimate of drug-likeness (QED) is 0.770. The third-order valence-corrected chi connectivity index (χ3v) is 2.34. The predicted octanol–water partition coefficient (Wildman–Crippen LogP) is 2.37. The van der Waals surface area contributed by atoms with Crippen LogP contribution in [-0.2, 0) is 9.47 Å². The van der Waals surface area contributed by atoms with Gasteiger partial charge in [0.05, 0.1) is 0 Å². The molecular weight excluding hydrogens is 192 g/mol. The first-order valence-corrected chi connectivity index (χ1v) is 5.05. The van der Waals surface area contributed by atoms with E-state index >= 15 is 0 Å². The third kappa shape index (κ3) is 2.73. The molecule has 0 aromatic carbocycles. The molecule has 1 heterocycles. The molecule has 1 aliphatic heterocycles. The van der Waals surface area contributed by atoms with Crippen molar-refractivity contribution in [1.29, 1.82) is 0 Å². The Morgan fingerprint density at radius 1 is 1.20 bits per heavy atom. The van der Waals surface area contributed by atoms with Crippen molar-refractivity contribution in [2.75, 3.05) is 6.61 Å². The summed E-state index contributed by atoms with van der Waals surface area (Å²) >= 11 is 0. The molecule has 0 saturated carbocycles. The van der Waals surface area contributed by atoms with E-state index in [2.05, 4.69) is 18.2 Å². The summed E-state index contributed by atoms with van der Waals surface area (Å²) in [4.78, 5) is 0. The van der Waals surface area contributed by atoms with E-state index in [4.69, 9.17) is 14.6 Å².